The SMILES string of the molecule is COC(=O)CN1C(=Cc2ccc(N(C)C)cc2)C(=O)c2ccccc2S1(=O)=O. The van der Waals surface area contributed by atoms with E-state index in [9.17, 15) is 18.0 Å². The van der Waals surface area contributed by atoms with Crippen LogP contribution in [-0.4, -0.2) is 52.2 Å². The van der Waals surface area contributed by atoms with Crippen molar-refractivity contribution in [2.45, 2.75) is 4.90 Å². The van der Waals surface area contributed by atoms with Gasteiger partial charge in [0.2, 0.25) is 5.78 Å². The van der Waals surface area contributed by atoms with Crippen molar-refractivity contribution in [3.8, 4) is 0 Å². The maximum absolute atomic E-state index is 13.1. The molecular weight excluding hydrogens is 380 g/mol. The molecule has 3 rings (SSSR count). The lowest BCUT2D eigenvalue weighted by atomic mass is 10.0. The predicted octanol–water partition coefficient (Wildman–Crippen LogP) is 2.15. The number of ketones is 1. The van der Waals surface area contributed by atoms with Gasteiger partial charge >= 0.3 is 5.97 Å². The van der Waals surface area contributed by atoms with E-state index in [0.29, 0.717) is 5.56 Å². The number of Topliss-reactive ketones (excluding diaryl/α,β-unsaturated/α-hetero) is 1. The topological polar surface area (TPSA) is 84.0 Å². The Kier molecular flexibility index (Phi) is 5.24. The van der Waals surface area contributed by atoms with E-state index < -0.39 is 28.3 Å². The zero-order chi connectivity index (χ0) is 20.5. The summed E-state index contributed by atoms with van der Waals surface area (Å²) in [5.74, 6) is -1.23. The van der Waals surface area contributed by atoms with Crippen molar-refractivity contribution < 1.29 is 22.7 Å². The van der Waals surface area contributed by atoms with Gasteiger partial charge in [0.15, 0.2) is 0 Å². The third-order valence-corrected chi connectivity index (χ3v) is 6.23. The van der Waals surface area contributed by atoms with Crippen molar-refractivity contribution in [1.82, 2.24) is 4.31 Å². The van der Waals surface area contributed by atoms with Crippen molar-refractivity contribution in [2.24, 2.45) is 0 Å². The van der Waals surface area contributed by atoms with Crippen LogP contribution < -0.4 is 4.90 Å². The van der Waals surface area contributed by atoms with Crippen LogP contribution in [0.15, 0.2) is 59.1 Å². The molecule has 0 N–H and O–H groups in total. The molecule has 8 heteroatoms. The van der Waals surface area contributed by atoms with Crippen LogP contribution in [0.25, 0.3) is 6.08 Å². The Hall–Kier alpha value is -3.13. The van der Waals surface area contributed by atoms with Crippen LogP contribution >= 0.6 is 0 Å². The van der Waals surface area contributed by atoms with Gasteiger partial charge in [-0.05, 0) is 35.9 Å². The lowest BCUT2D eigenvalue weighted by Gasteiger charge is -2.30. The first-order valence-electron chi connectivity index (χ1n) is 8.48. The number of hydrogen-bond donors (Lipinski definition) is 0. The summed E-state index contributed by atoms with van der Waals surface area (Å²) in [4.78, 5) is 26.7. The number of hydrogen-bond acceptors (Lipinski definition) is 6. The number of nitrogens with zero attached hydrogens (tertiary/aromatic N) is 2. The van der Waals surface area contributed by atoms with E-state index in [1.165, 1.54) is 24.3 Å². The number of benzene rings is 2. The van der Waals surface area contributed by atoms with Gasteiger partial charge in [-0.2, -0.15) is 0 Å². The molecule has 7 nitrogen and oxygen atoms in total. The fourth-order valence-electron chi connectivity index (χ4n) is 2.89. The van der Waals surface area contributed by atoms with Crippen LogP contribution in [0.5, 0.6) is 0 Å². The van der Waals surface area contributed by atoms with Gasteiger partial charge in [0, 0.05) is 25.3 Å². The van der Waals surface area contributed by atoms with Crippen LogP contribution in [-0.2, 0) is 19.6 Å². The van der Waals surface area contributed by atoms with E-state index >= 15 is 0 Å². The molecule has 1 heterocycles. The Balaban J connectivity index is 2.15. The standard InChI is InChI=1S/C20H20N2O5S/c1-21(2)15-10-8-14(9-11-15)12-17-20(24)16-6-4-5-7-18(16)28(25,26)22(17)13-19(23)27-3/h4-12H,13H2,1-3H3. The minimum absolute atomic E-state index is 0.0831. The molecule has 0 amide bonds. The fourth-order valence-corrected chi connectivity index (χ4v) is 4.49. The first kappa shape index (κ1) is 19.6. The first-order valence-corrected chi connectivity index (χ1v) is 9.92. The molecule has 0 aromatic heterocycles. The van der Waals surface area contributed by atoms with E-state index in [2.05, 4.69) is 4.74 Å². The molecule has 0 radical (unpaired) electrons. The second-order valence-electron chi connectivity index (χ2n) is 6.43. The molecule has 1 aliphatic rings. The number of fused-ring (bicyclic) bond motifs is 1. The average Bonchev–Trinajstić information content (AvgIpc) is 2.69. The second kappa shape index (κ2) is 7.47. The largest absolute Gasteiger partial charge is 0.468 e. The number of carbonyl (C=O) groups is 2. The molecule has 28 heavy (non-hydrogen) atoms. The van der Waals surface area contributed by atoms with Crippen molar-refractivity contribution in [1.29, 1.82) is 0 Å². The molecule has 0 aliphatic carbocycles. The summed E-state index contributed by atoms with van der Waals surface area (Å²) in [6, 6.07) is 13.2. The van der Waals surface area contributed by atoms with Gasteiger partial charge in [-0.25, -0.2) is 8.42 Å². The Labute approximate surface area is 163 Å². The molecule has 1 aliphatic heterocycles. The third kappa shape index (κ3) is 3.50. The van der Waals surface area contributed by atoms with E-state index in [1.807, 2.05) is 31.1 Å². The summed E-state index contributed by atoms with van der Waals surface area (Å²) in [7, 11) is 0.893. The molecule has 2 aromatic rings. The molecular formula is C20H20N2O5S. The van der Waals surface area contributed by atoms with E-state index in [0.717, 1.165) is 17.1 Å². The molecule has 0 unspecified atom stereocenters. The Morgan fingerprint density at radius 1 is 1.11 bits per heavy atom. The fraction of sp³-hybridized carbons (Fsp3) is 0.200. The van der Waals surface area contributed by atoms with Gasteiger partial charge < -0.3 is 9.64 Å². The molecule has 146 valence electrons. The monoisotopic (exact) mass is 400 g/mol. The Morgan fingerprint density at radius 2 is 1.75 bits per heavy atom. The molecule has 0 bridgehead atoms. The van der Waals surface area contributed by atoms with Gasteiger partial charge in [0.25, 0.3) is 10.0 Å². The molecule has 0 saturated carbocycles. The van der Waals surface area contributed by atoms with Crippen LogP contribution in [0.4, 0.5) is 5.69 Å². The van der Waals surface area contributed by atoms with Gasteiger partial charge in [-0.3, -0.25) is 13.9 Å². The average molecular weight is 400 g/mol. The highest BCUT2D eigenvalue weighted by atomic mass is 32.2. The van der Waals surface area contributed by atoms with E-state index in [-0.39, 0.29) is 16.2 Å². The highest BCUT2D eigenvalue weighted by molar-refractivity contribution is 7.89. The summed E-state index contributed by atoms with van der Waals surface area (Å²) in [5, 5.41) is 0. The number of ether oxygens (including phenoxy) is 1. The quantitative estimate of drug-likeness (QED) is 0.578. The number of rotatable bonds is 4. The summed E-state index contributed by atoms with van der Waals surface area (Å²) in [6.07, 6.45) is 1.47. The zero-order valence-corrected chi connectivity index (χ0v) is 16.6. The minimum atomic E-state index is -4.08. The zero-order valence-electron chi connectivity index (χ0n) is 15.7. The highest BCUT2D eigenvalue weighted by Crippen LogP contribution is 2.33. The Bertz CT molecular complexity index is 1060. The normalized spacial score (nSPS) is 16.6. The number of anilines is 1. The van der Waals surface area contributed by atoms with Crippen molar-refractivity contribution >= 4 is 33.5 Å². The third-order valence-electron chi connectivity index (χ3n) is 4.41. The van der Waals surface area contributed by atoms with E-state index in [1.54, 1.807) is 18.2 Å². The summed E-state index contributed by atoms with van der Waals surface area (Å²) in [6.45, 7) is -0.583. The maximum Gasteiger partial charge on any atom is 0.326 e. The predicted molar refractivity (Wildman–Crippen MR) is 105 cm³/mol. The summed E-state index contributed by atoms with van der Waals surface area (Å²) >= 11 is 0. The lowest BCUT2D eigenvalue weighted by Crippen LogP contribution is -2.42. The number of allylic oxidation sites excluding steroid dienone is 1. The van der Waals surface area contributed by atoms with Gasteiger partial charge in [-0.1, -0.05) is 24.3 Å². The first-order chi connectivity index (χ1) is 13.3. The Morgan fingerprint density at radius 3 is 2.36 bits per heavy atom. The van der Waals surface area contributed by atoms with Crippen LogP contribution in [0.1, 0.15) is 15.9 Å². The number of carbonyl (C=O) groups excluding carboxylic acids is 2. The van der Waals surface area contributed by atoms with Crippen molar-refractivity contribution in [3.05, 3.63) is 65.4 Å². The van der Waals surface area contributed by atoms with E-state index in [4.69, 9.17) is 0 Å². The van der Waals surface area contributed by atoms with Gasteiger partial charge in [0.05, 0.1) is 12.0 Å². The van der Waals surface area contributed by atoms with Crippen LogP contribution in [0.2, 0.25) is 0 Å². The molecule has 2 aromatic carbocycles. The second-order valence-corrected chi connectivity index (χ2v) is 8.26. The molecule has 0 spiro atoms. The van der Waals surface area contributed by atoms with Crippen LogP contribution in [0.3, 0.4) is 0 Å². The smallest absolute Gasteiger partial charge is 0.326 e. The maximum atomic E-state index is 13.1. The molecule has 0 fully saturated rings. The lowest BCUT2D eigenvalue weighted by molar-refractivity contribution is -0.140. The number of methoxy groups -OCH3 is 1. The molecule has 0 atom stereocenters. The molecule has 0 saturated heterocycles. The van der Waals surface area contributed by atoms with Gasteiger partial charge in [-0.15, -0.1) is 0 Å². The summed E-state index contributed by atoms with van der Waals surface area (Å²) < 4.78 is 31.6. The number of esters is 1. The van der Waals surface area contributed by atoms with Crippen LogP contribution in [0, 0.1) is 0 Å². The summed E-state index contributed by atoms with van der Waals surface area (Å²) in [5.41, 5.74) is 1.58. The van der Waals surface area contributed by atoms with Gasteiger partial charge in [0.1, 0.15) is 12.2 Å². The van der Waals surface area contributed by atoms with Crippen molar-refractivity contribution in [2.75, 3.05) is 32.6 Å². The van der Waals surface area contributed by atoms with Crippen molar-refractivity contribution in [3.63, 3.8) is 0 Å². The highest BCUT2D eigenvalue weighted by Gasteiger charge is 2.40. The number of sulfonamides is 1. The minimum Gasteiger partial charge on any atom is -0.468 e.